The Morgan fingerprint density at radius 3 is 2.88 bits per heavy atom. The number of sulfone groups is 1. The maximum Gasteiger partial charge on any atom is 0.175 e. The summed E-state index contributed by atoms with van der Waals surface area (Å²) < 4.78 is 39.0. The van der Waals surface area contributed by atoms with Crippen molar-refractivity contribution in [1.82, 2.24) is 25.1 Å². The third-order valence-electron chi connectivity index (χ3n) is 4.34. The quantitative estimate of drug-likeness (QED) is 0.704. The van der Waals surface area contributed by atoms with Crippen molar-refractivity contribution < 1.29 is 12.8 Å². The monoisotopic (exact) mass is 376 g/mol. The van der Waals surface area contributed by atoms with Gasteiger partial charge in [0.2, 0.25) is 0 Å². The van der Waals surface area contributed by atoms with Crippen molar-refractivity contribution in [3.8, 4) is 5.69 Å². The fourth-order valence-corrected chi connectivity index (χ4v) is 3.63. The van der Waals surface area contributed by atoms with Crippen molar-refractivity contribution >= 4 is 26.7 Å². The second kappa shape index (κ2) is 6.29. The van der Waals surface area contributed by atoms with Gasteiger partial charge in [-0.1, -0.05) is 0 Å². The third kappa shape index (κ3) is 3.01. The molecule has 0 saturated carbocycles. The van der Waals surface area contributed by atoms with E-state index in [9.17, 15) is 12.8 Å². The molecule has 2 N–H and O–H groups in total. The highest BCUT2D eigenvalue weighted by atomic mass is 32.2. The van der Waals surface area contributed by atoms with Crippen molar-refractivity contribution in [2.45, 2.75) is 17.4 Å². The number of fused-ring (bicyclic) bond motifs is 1. The van der Waals surface area contributed by atoms with Gasteiger partial charge in [0.1, 0.15) is 23.6 Å². The van der Waals surface area contributed by atoms with Crippen molar-refractivity contribution in [2.75, 3.05) is 24.7 Å². The van der Waals surface area contributed by atoms with E-state index in [1.54, 1.807) is 6.20 Å². The molecular weight excluding hydrogens is 359 g/mol. The van der Waals surface area contributed by atoms with Crippen LogP contribution in [0.15, 0.2) is 35.6 Å². The zero-order valence-corrected chi connectivity index (χ0v) is 14.8. The van der Waals surface area contributed by atoms with Crippen molar-refractivity contribution in [3.63, 3.8) is 0 Å². The summed E-state index contributed by atoms with van der Waals surface area (Å²) in [5.74, 6) is -0.0471. The predicted octanol–water partition coefficient (Wildman–Crippen LogP) is 1.13. The molecule has 0 amide bonds. The van der Waals surface area contributed by atoms with E-state index in [0.29, 0.717) is 16.9 Å². The molecule has 10 heteroatoms. The molecule has 8 nitrogen and oxygen atoms in total. The summed E-state index contributed by atoms with van der Waals surface area (Å²) in [5.41, 5.74) is 0.569. The molecule has 0 aliphatic carbocycles. The lowest BCUT2D eigenvalue weighted by Gasteiger charge is -2.12. The van der Waals surface area contributed by atoms with E-state index in [1.165, 1.54) is 23.1 Å². The van der Waals surface area contributed by atoms with Gasteiger partial charge in [-0.05, 0) is 31.2 Å². The molecule has 3 aromatic rings. The smallest absolute Gasteiger partial charge is 0.175 e. The Morgan fingerprint density at radius 1 is 1.35 bits per heavy atom. The van der Waals surface area contributed by atoms with Gasteiger partial charge in [-0.2, -0.15) is 5.10 Å². The van der Waals surface area contributed by atoms with Gasteiger partial charge in [-0.15, -0.1) is 0 Å². The van der Waals surface area contributed by atoms with E-state index in [0.717, 1.165) is 31.8 Å². The highest BCUT2D eigenvalue weighted by Gasteiger charge is 2.19. The topological polar surface area (TPSA) is 102 Å². The first-order chi connectivity index (χ1) is 12.4. The van der Waals surface area contributed by atoms with Gasteiger partial charge in [0, 0.05) is 18.8 Å². The SMILES string of the molecule is CS(=O)(=O)c1ccc(-n2ncc3c(NC4CCNC4)ncnc32)c(F)c1. The van der Waals surface area contributed by atoms with E-state index in [1.807, 2.05) is 0 Å². The average Bonchev–Trinajstić information content (AvgIpc) is 3.24. The van der Waals surface area contributed by atoms with Gasteiger partial charge in [0.15, 0.2) is 15.5 Å². The number of nitrogens with one attached hydrogen (secondary N) is 2. The van der Waals surface area contributed by atoms with E-state index >= 15 is 0 Å². The van der Waals surface area contributed by atoms with Gasteiger partial charge in [-0.3, -0.25) is 0 Å². The molecule has 3 heterocycles. The van der Waals surface area contributed by atoms with Gasteiger partial charge in [-0.25, -0.2) is 27.5 Å². The van der Waals surface area contributed by atoms with Crippen LogP contribution >= 0.6 is 0 Å². The summed E-state index contributed by atoms with van der Waals surface area (Å²) in [7, 11) is -3.48. The van der Waals surface area contributed by atoms with Crippen LogP contribution < -0.4 is 10.6 Å². The molecule has 0 bridgehead atoms. The fraction of sp³-hybridized carbons (Fsp3) is 0.312. The van der Waals surface area contributed by atoms with Crippen LogP contribution in [-0.4, -0.2) is 53.6 Å². The highest BCUT2D eigenvalue weighted by molar-refractivity contribution is 7.90. The molecule has 136 valence electrons. The molecule has 26 heavy (non-hydrogen) atoms. The minimum Gasteiger partial charge on any atom is -0.365 e. The Morgan fingerprint density at radius 2 is 2.19 bits per heavy atom. The zero-order valence-electron chi connectivity index (χ0n) is 14.0. The summed E-state index contributed by atoms with van der Waals surface area (Å²) in [4.78, 5) is 8.40. The first-order valence-corrected chi connectivity index (χ1v) is 9.98. The van der Waals surface area contributed by atoms with Crippen molar-refractivity contribution in [2.24, 2.45) is 0 Å². The van der Waals surface area contributed by atoms with Gasteiger partial charge < -0.3 is 10.6 Å². The summed E-state index contributed by atoms with van der Waals surface area (Å²) in [5, 5.41) is 11.5. The maximum atomic E-state index is 14.5. The van der Waals surface area contributed by atoms with Crippen LogP contribution in [0.25, 0.3) is 16.7 Å². The molecule has 4 rings (SSSR count). The van der Waals surface area contributed by atoms with Gasteiger partial charge in [0.25, 0.3) is 0 Å². The molecule has 1 aromatic carbocycles. The number of hydrogen-bond donors (Lipinski definition) is 2. The maximum absolute atomic E-state index is 14.5. The number of benzene rings is 1. The zero-order chi connectivity index (χ0) is 18.3. The Balaban J connectivity index is 1.76. The lowest BCUT2D eigenvalue weighted by atomic mass is 10.2. The van der Waals surface area contributed by atoms with Crippen LogP contribution in [0.5, 0.6) is 0 Å². The summed E-state index contributed by atoms with van der Waals surface area (Å²) >= 11 is 0. The summed E-state index contributed by atoms with van der Waals surface area (Å²) in [6.07, 6.45) is 4.99. The van der Waals surface area contributed by atoms with Gasteiger partial charge >= 0.3 is 0 Å². The number of aromatic nitrogens is 4. The normalized spacial score (nSPS) is 17.7. The second-order valence-corrected chi connectivity index (χ2v) is 8.25. The summed E-state index contributed by atoms with van der Waals surface area (Å²) in [6.45, 7) is 1.80. The first-order valence-electron chi connectivity index (χ1n) is 8.09. The van der Waals surface area contributed by atoms with Crippen LogP contribution in [-0.2, 0) is 9.84 Å². The van der Waals surface area contributed by atoms with Gasteiger partial charge in [0.05, 0.1) is 16.5 Å². The van der Waals surface area contributed by atoms with Crippen molar-refractivity contribution in [1.29, 1.82) is 0 Å². The standard InChI is InChI=1S/C16H17FN6O2S/c1-26(24,25)11-2-3-14(13(17)6-11)23-16-12(8-21-23)15(19-9-20-16)22-10-4-5-18-7-10/h2-3,6,8-10,18H,4-5,7H2,1H3,(H,19,20,22). The molecule has 0 radical (unpaired) electrons. The van der Waals surface area contributed by atoms with Crippen LogP contribution in [0.4, 0.5) is 10.2 Å². The molecule has 1 atom stereocenters. The molecule has 1 fully saturated rings. The number of halogens is 1. The Labute approximate surface area is 149 Å². The summed E-state index contributed by atoms with van der Waals surface area (Å²) in [6, 6.07) is 3.99. The molecule has 1 saturated heterocycles. The lowest BCUT2D eigenvalue weighted by Crippen LogP contribution is -2.22. The average molecular weight is 376 g/mol. The van der Waals surface area contributed by atoms with Crippen LogP contribution in [0, 0.1) is 5.82 Å². The third-order valence-corrected chi connectivity index (χ3v) is 5.45. The Hall–Kier alpha value is -2.59. The van der Waals surface area contributed by atoms with E-state index in [-0.39, 0.29) is 16.6 Å². The largest absolute Gasteiger partial charge is 0.365 e. The van der Waals surface area contributed by atoms with E-state index in [2.05, 4.69) is 25.7 Å². The van der Waals surface area contributed by atoms with Crippen LogP contribution in [0.1, 0.15) is 6.42 Å². The number of hydrogen-bond acceptors (Lipinski definition) is 7. The first kappa shape index (κ1) is 16.9. The lowest BCUT2D eigenvalue weighted by molar-refractivity contribution is 0.592. The highest BCUT2D eigenvalue weighted by Crippen LogP contribution is 2.25. The minimum absolute atomic E-state index is 0.0825. The molecule has 2 aromatic heterocycles. The van der Waals surface area contributed by atoms with E-state index in [4.69, 9.17) is 0 Å². The Bertz CT molecular complexity index is 1080. The van der Waals surface area contributed by atoms with Crippen LogP contribution in [0.2, 0.25) is 0 Å². The Kier molecular flexibility index (Phi) is 4.08. The minimum atomic E-state index is -3.48. The van der Waals surface area contributed by atoms with Crippen molar-refractivity contribution in [3.05, 3.63) is 36.5 Å². The second-order valence-electron chi connectivity index (χ2n) is 6.24. The number of anilines is 1. The van der Waals surface area contributed by atoms with E-state index < -0.39 is 15.7 Å². The molecule has 1 unspecified atom stereocenters. The van der Waals surface area contributed by atoms with Crippen LogP contribution in [0.3, 0.4) is 0 Å². The molecule has 1 aliphatic heterocycles. The molecular formula is C16H17FN6O2S. The fourth-order valence-electron chi connectivity index (χ4n) is 3.00. The molecule has 1 aliphatic rings. The number of rotatable bonds is 4. The molecule has 0 spiro atoms. The predicted molar refractivity (Wildman–Crippen MR) is 94.6 cm³/mol. The number of nitrogens with zero attached hydrogens (tertiary/aromatic N) is 4.